The van der Waals surface area contributed by atoms with Gasteiger partial charge in [-0.05, 0) is 36.4 Å². The number of halogens is 3. The van der Waals surface area contributed by atoms with Crippen LogP contribution in [-0.2, 0) is 10.9 Å². The third-order valence-electron chi connectivity index (χ3n) is 4.41. The summed E-state index contributed by atoms with van der Waals surface area (Å²) >= 11 is 0. The van der Waals surface area contributed by atoms with Gasteiger partial charge in [-0.25, -0.2) is 0 Å². The van der Waals surface area contributed by atoms with Crippen LogP contribution in [0.5, 0.6) is 11.5 Å². The molecule has 2 heterocycles. The molecule has 0 spiro atoms. The molecule has 5 nitrogen and oxygen atoms in total. The van der Waals surface area contributed by atoms with E-state index in [1.807, 2.05) is 11.0 Å². The summed E-state index contributed by atoms with van der Waals surface area (Å²) in [6.07, 6.45) is -4.37. The van der Waals surface area contributed by atoms with Gasteiger partial charge >= 0.3 is 6.18 Å². The zero-order valence-corrected chi connectivity index (χ0v) is 13.7. The van der Waals surface area contributed by atoms with E-state index >= 15 is 0 Å². The molecular weight excluding hydrogens is 349 g/mol. The Labute approximate surface area is 147 Å². The van der Waals surface area contributed by atoms with E-state index in [2.05, 4.69) is 5.32 Å². The van der Waals surface area contributed by atoms with Crippen LogP contribution in [0, 0.1) is 0 Å². The molecule has 1 fully saturated rings. The van der Waals surface area contributed by atoms with Crippen molar-refractivity contribution in [3.05, 3.63) is 48.0 Å². The Morgan fingerprint density at radius 1 is 1.12 bits per heavy atom. The number of β-amino-alcohol motifs (C(OH)–C–C–N with tert-alkyl or cyclic N) is 1. The standard InChI is InChI=1S/C18H17F3N2O3/c19-18(20,21)12-1-3-13(4-2-12)26-14-5-6-16-15(7-14)22-11-23(16)8-17(24)9-25-10-17/h1-7,22,24H,8-11H2. The summed E-state index contributed by atoms with van der Waals surface area (Å²) in [7, 11) is 0. The molecule has 2 aliphatic heterocycles. The van der Waals surface area contributed by atoms with Gasteiger partial charge in [0.05, 0.1) is 43.4 Å². The van der Waals surface area contributed by atoms with Gasteiger partial charge < -0.3 is 24.8 Å². The number of anilines is 2. The van der Waals surface area contributed by atoms with Crippen LogP contribution in [0.2, 0.25) is 0 Å². The Kier molecular flexibility index (Phi) is 3.96. The molecule has 0 aliphatic carbocycles. The molecule has 8 heteroatoms. The molecule has 2 aliphatic rings. The Morgan fingerprint density at radius 2 is 1.81 bits per heavy atom. The molecule has 0 bridgehead atoms. The van der Waals surface area contributed by atoms with Gasteiger partial charge in [-0.1, -0.05) is 0 Å². The maximum absolute atomic E-state index is 12.6. The van der Waals surface area contributed by atoms with Crippen LogP contribution >= 0.6 is 0 Å². The highest BCUT2D eigenvalue weighted by atomic mass is 19.4. The van der Waals surface area contributed by atoms with Gasteiger partial charge in [-0.3, -0.25) is 0 Å². The Morgan fingerprint density at radius 3 is 2.42 bits per heavy atom. The minimum atomic E-state index is -4.37. The topological polar surface area (TPSA) is 54.0 Å². The first kappa shape index (κ1) is 17.0. The zero-order chi connectivity index (χ0) is 18.4. The normalized spacial score (nSPS) is 18.1. The highest BCUT2D eigenvalue weighted by Crippen LogP contribution is 2.37. The average Bonchev–Trinajstić information content (AvgIpc) is 2.95. The molecule has 138 valence electrons. The largest absolute Gasteiger partial charge is 0.457 e. The minimum absolute atomic E-state index is 0.327. The minimum Gasteiger partial charge on any atom is -0.457 e. The number of nitrogens with one attached hydrogen (secondary N) is 1. The Balaban J connectivity index is 1.46. The number of hydrogen-bond acceptors (Lipinski definition) is 5. The number of benzene rings is 2. The average molecular weight is 366 g/mol. The van der Waals surface area contributed by atoms with E-state index in [0.717, 1.165) is 23.5 Å². The molecule has 2 aromatic carbocycles. The highest BCUT2D eigenvalue weighted by Gasteiger charge is 2.39. The van der Waals surface area contributed by atoms with Crippen LogP contribution < -0.4 is 15.0 Å². The fourth-order valence-corrected chi connectivity index (χ4v) is 3.04. The van der Waals surface area contributed by atoms with E-state index in [0.29, 0.717) is 37.9 Å². The maximum atomic E-state index is 12.6. The van der Waals surface area contributed by atoms with Crippen LogP contribution in [0.15, 0.2) is 42.5 Å². The van der Waals surface area contributed by atoms with E-state index < -0.39 is 17.3 Å². The predicted octanol–water partition coefficient (Wildman–Crippen LogP) is 3.45. The lowest BCUT2D eigenvalue weighted by molar-refractivity contribution is -0.171. The van der Waals surface area contributed by atoms with Crippen LogP contribution in [0.25, 0.3) is 0 Å². The third-order valence-corrected chi connectivity index (χ3v) is 4.41. The maximum Gasteiger partial charge on any atom is 0.416 e. The van der Waals surface area contributed by atoms with Crippen LogP contribution in [-0.4, -0.2) is 37.1 Å². The SMILES string of the molecule is OC1(CN2CNc3cc(Oc4ccc(C(F)(F)F)cc4)ccc32)COC1. The second-order valence-corrected chi connectivity index (χ2v) is 6.55. The van der Waals surface area contributed by atoms with Crippen molar-refractivity contribution in [1.29, 1.82) is 0 Å². The van der Waals surface area contributed by atoms with Gasteiger partial charge in [0.25, 0.3) is 0 Å². The first-order valence-electron chi connectivity index (χ1n) is 8.11. The lowest BCUT2D eigenvalue weighted by Gasteiger charge is -2.39. The van der Waals surface area contributed by atoms with Crippen LogP contribution in [0.1, 0.15) is 5.56 Å². The zero-order valence-electron chi connectivity index (χ0n) is 13.7. The van der Waals surface area contributed by atoms with Crippen LogP contribution in [0.3, 0.4) is 0 Å². The number of hydrogen-bond donors (Lipinski definition) is 2. The van der Waals surface area contributed by atoms with Crippen molar-refractivity contribution in [2.75, 3.05) is 36.6 Å². The fraction of sp³-hybridized carbons (Fsp3) is 0.333. The summed E-state index contributed by atoms with van der Waals surface area (Å²) in [5.41, 5.74) is 0.246. The van der Waals surface area contributed by atoms with Gasteiger partial charge in [0, 0.05) is 6.07 Å². The lowest BCUT2D eigenvalue weighted by Crippen LogP contribution is -2.57. The molecule has 1 saturated heterocycles. The summed E-state index contributed by atoms with van der Waals surface area (Å²) in [4.78, 5) is 2.01. The molecular formula is C18H17F3N2O3. The van der Waals surface area contributed by atoms with E-state index in [1.165, 1.54) is 12.1 Å². The van der Waals surface area contributed by atoms with E-state index in [9.17, 15) is 18.3 Å². The number of rotatable bonds is 4. The molecule has 0 saturated carbocycles. The van der Waals surface area contributed by atoms with Crippen molar-refractivity contribution in [2.45, 2.75) is 11.8 Å². The predicted molar refractivity (Wildman–Crippen MR) is 89.6 cm³/mol. The molecule has 26 heavy (non-hydrogen) atoms. The molecule has 0 aromatic heterocycles. The monoisotopic (exact) mass is 366 g/mol. The number of ether oxygens (including phenoxy) is 2. The van der Waals surface area contributed by atoms with Gasteiger partial charge in [-0.15, -0.1) is 0 Å². The third kappa shape index (κ3) is 3.30. The van der Waals surface area contributed by atoms with Crippen molar-refractivity contribution in [3.63, 3.8) is 0 Å². The molecule has 0 radical (unpaired) electrons. The Bertz CT molecular complexity index is 804. The molecule has 4 rings (SSSR count). The van der Waals surface area contributed by atoms with Crippen molar-refractivity contribution >= 4 is 11.4 Å². The summed E-state index contributed by atoms with van der Waals surface area (Å²) in [6.45, 7) is 1.68. The molecule has 2 N–H and O–H groups in total. The van der Waals surface area contributed by atoms with Gasteiger partial charge in [0.2, 0.25) is 0 Å². The summed E-state index contributed by atoms with van der Waals surface area (Å²) in [6, 6.07) is 9.96. The van der Waals surface area contributed by atoms with Crippen molar-refractivity contribution in [3.8, 4) is 11.5 Å². The lowest BCUT2D eigenvalue weighted by atomic mass is 10.0. The highest BCUT2D eigenvalue weighted by molar-refractivity contribution is 5.76. The second kappa shape index (κ2) is 6.07. The number of nitrogens with zero attached hydrogens (tertiary/aromatic N) is 1. The summed E-state index contributed by atoms with van der Waals surface area (Å²) < 4.78 is 48.5. The molecule has 2 aromatic rings. The van der Waals surface area contributed by atoms with Crippen molar-refractivity contribution < 1.29 is 27.8 Å². The summed E-state index contributed by atoms with van der Waals surface area (Å²) in [5.74, 6) is 0.845. The quantitative estimate of drug-likeness (QED) is 0.868. The number of alkyl halides is 3. The van der Waals surface area contributed by atoms with E-state index in [4.69, 9.17) is 9.47 Å². The molecule has 0 amide bonds. The first-order chi connectivity index (χ1) is 12.3. The van der Waals surface area contributed by atoms with Gasteiger partial charge in [0.1, 0.15) is 17.1 Å². The van der Waals surface area contributed by atoms with Crippen molar-refractivity contribution in [1.82, 2.24) is 0 Å². The van der Waals surface area contributed by atoms with E-state index in [1.54, 1.807) is 12.1 Å². The van der Waals surface area contributed by atoms with Gasteiger partial charge in [-0.2, -0.15) is 13.2 Å². The van der Waals surface area contributed by atoms with Crippen molar-refractivity contribution in [2.24, 2.45) is 0 Å². The fourth-order valence-electron chi connectivity index (χ4n) is 3.04. The van der Waals surface area contributed by atoms with E-state index in [-0.39, 0.29) is 0 Å². The number of aliphatic hydroxyl groups is 1. The molecule has 0 atom stereocenters. The first-order valence-corrected chi connectivity index (χ1v) is 8.11. The van der Waals surface area contributed by atoms with Crippen LogP contribution in [0.4, 0.5) is 24.5 Å². The number of fused-ring (bicyclic) bond motifs is 1. The summed E-state index contributed by atoms with van der Waals surface area (Å²) in [5, 5.41) is 13.4. The van der Waals surface area contributed by atoms with Gasteiger partial charge in [0.15, 0.2) is 0 Å². The second-order valence-electron chi connectivity index (χ2n) is 6.55. The molecule has 0 unspecified atom stereocenters. The Hall–Kier alpha value is -2.45. The smallest absolute Gasteiger partial charge is 0.416 e.